The largest absolute Gasteiger partial charge is 0.365 e. The first-order valence-electron chi connectivity index (χ1n) is 8.17. The van der Waals surface area contributed by atoms with Crippen LogP contribution in [0.1, 0.15) is 11.1 Å². The Labute approximate surface area is 170 Å². The number of nitrogens with zero attached hydrogens (tertiary/aromatic N) is 2. The van der Waals surface area contributed by atoms with Crippen LogP contribution in [0.4, 0.5) is 5.69 Å². The highest BCUT2D eigenvalue weighted by molar-refractivity contribution is 9.10. The van der Waals surface area contributed by atoms with Crippen molar-refractivity contribution < 1.29 is 9.59 Å². The van der Waals surface area contributed by atoms with E-state index < -0.39 is 11.2 Å². The molecule has 3 rings (SSSR count). The molecule has 2 amide bonds. The van der Waals surface area contributed by atoms with Crippen LogP contribution < -0.4 is 10.6 Å². The van der Waals surface area contributed by atoms with Crippen molar-refractivity contribution in [2.75, 3.05) is 4.90 Å². The van der Waals surface area contributed by atoms with Crippen LogP contribution in [-0.4, -0.2) is 17.1 Å². The lowest BCUT2D eigenvalue weighted by Gasteiger charge is -2.20. The summed E-state index contributed by atoms with van der Waals surface area (Å²) in [6.07, 6.45) is 0.486. The maximum atomic E-state index is 13.2. The Hall–Kier alpha value is -2.56. The average Bonchev–Trinajstić information content (AvgIpc) is 2.94. The summed E-state index contributed by atoms with van der Waals surface area (Å²) in [5, 5.41) is 9.27. The number of hydrogen-bond acceptors (Lipinski definition) is 4. The van der Waals surface area contributed by atoms with E-state index in [1.54, 1.807) is 6.07 Å². The minimum Gasteiger partial charge on any atom is -0.365 e. The van der Waals surface area contributed by atoms with Gasteiger partial charge in [-0.25, -0.2) is 0 Å². The third-order valence-electron chi connectivity index (χ3n) is 4.22. The van der Waals surface area contributed by atoms with Gasteiger partial charge >= 0.3 is 0 Å². The lowest BCUT2D eigenvalue weighted by molar-refractivity contribution is -0.117. The second-order valence-electron chi connectivity index (χ2n) is 6.05. The summed E-state index contributed by atoms with van der Waals surface area (Å²) < 4.78 is 0.958. The molecule has 1 atom stereocenters. The van der Waals surface area contributed by atoms with Crippen LogP contribution >= 0.6 is 27.7 Å². The first kappa shape index (κ1) is 19.2. The van der Waals surface area contributed by atoms with Crippen molar-refractivity contribution in [3.05, 3.63) is 74.7 Å². The molecule has 5 nitrogen and oxygen atoms in total. The third-order valence-corrected chi connectivity index (χ3v) is 6.01. The van der Waals surface area contributed by atoms with Crippen LogP contribution in [0.2, 0.25) is 0 Å². The molecule has 0 radical (unpaired) electrons. The number of carbonyl (C=O) groups is 2. The Morgan fingerprint density at radius 2 is 1.93 bits per heavy atom. The Morgan fingerprint density at radius 3 is 2.52 bits per heavy atom. The Balaban J connectivity index is 2.05. The molecule has 27 heavy (non-hydrogen) atoms. The SMILES string of the molecule is Cc1ccccc1N1C(=O)C(Cc2ccc(Br)cc2)S/C1=C(/C#N)C(N)=O. The number of aryl methyl sites for hydroxylation is 1. The van der Waals surface area contributed by atoms with E-state index in [4.69, 9.17) is 5.73 Å². The topological polar surface area (TPSA) is 87.2 Å². The molecule has 0 spiro atoms. The highest BCUT2D eigenvalue weighted by atomic mass is 79.9. The van der Waals surface area contributed by atoms with Crippen molar-refractivity contribution in [1.29, 1.82) is 5.26 Å². The number of rotatable bonds is 4. The maximum absolute atomic E-state index is 13.2. The molecule has 0 aliphatic carbocycles. The Bertz CT molecular complexity index is 979. The third kappa shape index (κ3) is 3.92. The highest BCUT2D eigenvalue weighted by Crippen LogP contribution is 2.42. The highest BCUT2D eigenvalue weighted by Gasteiger charge is 2.40. The Kier molecular flexibility index (Phi) is 5.68. The van der Waals surface area contributed by atoms with Gasteiger partial charge in [-0.1, -0.05) is 58.0 Å². The molecule has 0 saturated carbocycles. The van der Waals surface area contributed by atoms with Crippen molar-refractivity contribution in [3.63, 3.8) is 0 Å². The molecule has 1 aliphatic heterocycles. The molecule has 1 aliphatic rings. The fourth-order valence-corrected chi connectivity index (χ4v) is 4.44. The van der Waals surface area contributed by atoms with Gasteiger partial charge in [-0.05, 0) is 42.7 Å². The van der Waals surface area contributed by atoms with Crippen LogP contribution in [-0.2, 0) is 16.0 Å². The first-order chi connectivity index (χ1) is 12.9. The molecule has 2 aromatic carbocycles. The Morgan fingerprint density at radius 1 is 1.26 bits per heavy atom. The van der Waals surface area contributed by atoms with Crippen molar-refractivity contribution in [2.24, 2.45) is 5.73 Å². The zero-order valence-corrected chi connectivity index (χ0v) is 16.9. The van der Waals surface area contributed by atoms with Gasteiger partial charge in [0.25, 0.3) is 5.91 Å². The van der Waals surface area contributed by atoms with E-state index in [0.717, 1.165) is 15.6 Å². The molecule has 0 aromatic heterocycles. The molecular formula is C20H16BrN3O2S. The van der Waals surface area contributed by atoms with Gasteiger partial charge in [0.15, 0.2) is 0 Å². The maximum Gasteiger partial charge on any atom is 0.262 e. The number of amides is 2. The second kappa shape index (κ2) is 7.99. The number of hydrogen-bond donors (Lipinski definition) is 1. The smallest absolute Gasteiger partial charge is 0.262 e. The summed E-state index contributed by atoms with van der Waals surface area (Å²) in [5.74, 6) is -1.00. The number of primary amides is 1. The van der Waals surface area contributed by atoms with E-state index in [0.29, 0.717) is 17.1 Å². The summed E-state index contributed by atoms with van der Waals surface area (Å²) in [6, 6.07) is 16.9. The summed E-state index contributed by atoms with van der Waals surface area (Å²) in [5.41, 5.74) is 7.70. The van der Waals surface area contributed by atoms with Crippen LogP contribution in [0.15, 0.2) is 63.6 Å². The van der Waals surface area contributed by atoms with Gasteiger partial charge in [0.2, 0.25) is 5.91 Å². The zero-order chi connectivity index (χ0) is 19.6. The lowest BCUT2D eigenvalue weighted by atomic mass is 10.1. The predicted molar refractivity (Wildman–Crippen MR) is 110 cm³/mol. The molecule has 2 aromatic rings. The average molecular weight is 442 g/mol. The first-order valence-corrected chi connectivity index (χ1v) is 9.84. The van der Waals surface area contributed by atoms with E-state index in [1.165, 1.54) is 16.7 Å². The van der Waals surface area contributed by atoms with Crippen molar-refractivity contribution >= 4 is 45.2 Å². The molecule has 1 fully saturated rings. The normalized spacial score (nSPS) is 18.3. The van der Waals surface area contributed by atoms with Gasteiger partial charge in [0.05, 0.1) is 10.9 Å². The summed E-state index contributed by atoms with van der Waals surface area (Å²) in [6.45, 7) is 1.88. The molecular weight excluding hydrogens is 426 g/mol. The number of carbonyl (C=O) groups excluding carboxylic acids is 2. The van der Waals surface area contributed by atoms with Gasteiger partial charge < -0.3 is 5.73 Å². The van der Waals surface area contributed by atoms with E-state index in [2.05, 4.69) is 15.9 Å². The lowest BCUT2D eigenvalue weighted by Crippen LogP contribution is -2.31. The van der Waals surface area contributed by atoms with Crippen LogP contribution in [0.5, 0.6) is 0 Å². The number of halogens is 1. The second-order valence-corrected chi connectivity index (χ2v) is 8.16. The monoisotopic (exact) mass is 441 g/mol. The molecule has 7 heteroatoms. The number of thioether (sulfide) groups is 1. The molecule has 1 heterocycles. The number of anilines is 1. The van der Waals surface area contributed by atoms with Crippen LogP contribution in [0.3, 0.4) is 0 Å². The van der Waals surface area contributed by atoms with E-state index in [-0.39, 0.29) is 11.5 Å². The number of para-hydroxylation sites is 1. The van der Waals surface area contributed by atoms with Gasteiger partial charge in [-0.15, -0.1) is 0 Å². The van der Waals surface area contributed by atoms with Crippen molar-refractivity contribution in [3.8, 4) is 6.07 Å². The number of benzene rings is 2. The fourth-order valence-electron chi connectivity index (χ4n) is 2.87. The molecule has 2 N–H and O–H groups in total. The van der Waals surface area contributed by atoms with Crippen molar-refractivity contribution in [2.45, 2.75) is 18.6 Å². The van der Waals surface area contributed by atoms with Gasteiger partial charge in [-0.3, -0.25) is 14.5 Å². The molecule has 136 valence electrons. The standard InChI is InChI=1S/C20H16BrN3O2S/c1-12-4-2-3-5-16(12)24-19(26)17(10-13-6-8-14(21)9-7-13)27-20(24)15(11-22)18(23)25/h2-9,17H,10H2,1H3,(H2,23,25)/b20-15-. The van der Waals surface area contributed by atoms with Gasteiger partial charge in [0.1, 0.15) is 16.7 Å². The van der Waals surface area contributed by atoms with Crippen LogP contribution in [0, 0.1) is 18.3 Å². The predicted octanol–water partition coefficient (Wildman–Crippen LogP) is 3.67. The van der Waals surface area contributed by atoms with Crippen LogP contribution in [0.25, 0.3) is 0 Å². The van der Waals surface area contributed by atoms with E-state index >= 15 is 0 Å². The minimum atomic E-state index is -0.837. The van der Waals surface area contributed by atoms with Gasteiger partial charge in [-0.2, -0.15) is 5.26 Å². The molecule has 1 saturated heterocycles. The summed E-state index contributed by atoms with van der Waals surface area (Å²) in [7, 11) is 0. The number of nitriles is 1. The zero-order valence-electron chi connectivity index (χ0n) is 14.5. The van der Waals surface area contributed by atoms with Crippen molar-refractivity contribution in [1.82, 2.24) is 0 Å². The number of nitrogens with two attached hydrogens (primary N) is 1. The summed E-state index contributed by atoms with van der Waals surface area (Å²) in [4.78, 5) is 26.4. The molecule has 0 bridgehead atoms. The summed E-state index contributed by atoms with van der Waals surface area (Å²) >= 11 is 4.61. The molecule has 1 unspecified atom stereocenters. The fraction of sp³-hybridized carbons (Fsp3) is 0.150. The van der Waals surface area contributed by atoms with Gasteiger partial charge in [0, 0.05) is 4.47 Å². The van der Waals surface area contributed by atoms with E-state index in [9.17, 15) is 14.9 Å². The quantitative estimate of drug-likeness (QED) is 0.578. The van der Waals surface area contributed by atoms with E-state index in [1.807, 2.05) is 55.5 Å². The minimum absolute atomic E-state index is 0.166.